The largest absolute Gasteiger partial charge is 0.402 e. The van der Waals surface area contributed by atoms with Crippen LogP contribution in [0.2, 0.25) is 0 Å². The van der Waals surface area contributed by atoms with Gasteiger partial charge in [-0.1, -0.05) is 53.6 Å². The Morgan fingerprint density at radius 1 is 1.08 bits per heavy atom. The smallest absolute Gasteiger partial charge is 0.317 e. The number of aromatic nitrogens is 3. The number of benzene rings is 2. The van der Waals surface area contributed by atoms with Crippen molar-refractivity contribution < 1.29 is 13.9 Å². The third kappa shape index (κ3) is 4.61. The van der Waals surface area contributed by atoms with Crippen molar-refractivity contribution in [3.8, 4) is 11.6 Å². The number of hydrogen-bond donors (Lipinski definition) is 2. The van der Waals surface area contributed by atoms with Crippen molar-refractivity contribution in [1.82, 2.24) is 15.2 Å². The topological polar surface area (TPSA) is 118 Å². The number of nitrogens with zero attached hydrogens (tertiary/aromatic N) is 5. The minimum absolute atomic E-state index is 0.0746. The number of aliphatic imine (C=N–C) groups is 1. The molecule has 0 spiro atoms. The molecule has 0 bridgehead atoms. The van der Waals surface area contributed by atoms with Gasteiger partial charge in [-0.25, -0.2) is 9.98 Å². The molecule has 2 atom stereocenters. The zero-order chi connectivity index (χ0) is 26.1. The van der Waals surface area contributed by atoms with Gasteiger partial charge in [0.05, 0.1) is 30.3 Å². The quantitative estimate of drug-likeness (QED) is 0.416. The third-order valence-corrected chi connectivity index (χ3v) is 6.56. The summed E-state index contributed by atoms with van der Waals surface area (Å²) in [5.41, 5.74) is 5.60. The summed E-state index contributed by atoms with van der Waals surface area (Å²) in [7, 11) is 0. The number of hydrogen-bond acceptors (Lipinski definition) is 9. The van der Waals surface area contributed by atoms with Crippen molar-refractivity contribution in [2.24, 2.45) is 4.99 Å². The fourth-order valence-corrected chi connectivity index (χ4v) is 4.70. The van der Waals surface area contributed by atoms with Crippen molar-refractivity contribution in [3.63, 3.8) is 0 Å². The molecule has 1 fully saturated rings. The Balaban J connectivity index is 1.33. The molecule has 2 aromatic carbocycles. The summed E-state index contributed by atoms with van der Waals surface area (Å²) in [6, 6.07) is 19.6. The van der Waals surface area contributed by atoms with Crippen molar-refractivity contribution >= 4 is 29.0 Å². The molecule has 2 N–H and O–H groups in total. The molecule has 1 saturated heterocycles. The van der Waals surface area contributed by atoms with Gasteiger partial charge in [0.25, 0.3) is 11.8 Å². The van der Waals surface area contributed by atoms with Gasteiger partial charge in [-0.3, -0.25) is 4.79 Å². The van der Waals surface area contributed by atoms with E-state index in [0.29, 0.717) is 30.3 Å². The number of amides is 1. The van der Waals surface area contributed by atoms with E-state index in [1.165, 1.54) is 0 Å². The van der Waals surface area contributed by atoms with Crippen LogP contribution < -0.4 is 15.5 Å². The lowest BCUT2D eigenvalue weighted by Gasteiger charge is -2.35. The number of carbonyl (C=O) groups excluding carboxylic acids is 1. The second-order valence-electron chi connectivity index (χ2n) is 9.34. The first-order chi connectivity index (χ1) is 18.6. The van der Waals surface area contributed by atoms with Gasteiger partial charge < -0.3 is 24.7 Å². The van der Waals surface area contributed by atoms with Gasteiger partial charge in [0.1, 0.15) is 0 Å². The monoisotopic (exact) mass is 509 g/mol. The molecular formula is C28H27N7O3. The molecule has 2 aromatic heterocycles. The minimum Gasteiger partial charge on any atom is -0.402 e. The highest BCUT2D eigenvalue weighted by Gasteiger charge is 2.29. The van der Waals surface area contributed by atoms with E-state index in [9.17, 15) is 4.79 Å². The number of pyridine rings is 1. The van der Waals surface area contributed by atoms with Crippen LogP contribution in [-0.4, -0.2) is 58.8 Å². The van der Waals surface area contributed by atoms with Crippen molar-refractivity contribution in [2.75, 3.05) is 35.3 Å². The van der Waals surface area contributed by atoms with E-state index >= 15 is 0 Å². The lowest BCUT2D eigenvalue weighted by molar-refractivity contribution is -0.116. The molecule has 6 rings (SSSR count). The minimum atomic E-state index is -0.990. The maximum Gasteiger partial charge on any atom is 0.317 e. The van der Waals surface area contributed by atoms with Crippen molar-refractivity contribution in [1.29, 1.82) is 0 Å². The lowest BCUT2D eigenvalue weighted by atomic mass is 10.0. The van der Waals surface area contributed by atoms with Crippen molar-refractivity contribution in [3.05, 3.63) is 83.6 Å². The standard InChI is InChI=1S/C28H27N7O3/c1-17-14-22(35-12-13-37-16-18(35)2)24(29-15-17)27-33-34-28(38-27)32-25-26(36)30-21-11-7-6-10-20(21)23(31-25)19-8-4-3-5-9-19/h3-11,14-15,18,25H,12-13,16H2,1-2H3,(H,30,36)(H,32,34)/t18-,25-/m1/s1. The zero-order valence-electron chi connectivity index (χ0n) is 21.1. The predicted molar refractivity (Wildman–Crippen MR) is 144 cm³/mol. The molecule has 192 valence electrons. The third-order valence-electron chi connectivity index (χ3n) is 6.56. The van der Waals surface area contributed by atoms with E-state index in [-0.39, 0.29) is 23.9 Å². The summed E-state index contributed by atoms with van der Waals surface area (Å²) in [6.07, 6.45) is 0.781. The molecule has 0 aliphatic carbocycles. The summed E-state index contributed by atoms with van der Waals surface area (Å²) in [4.78, 5) is 24.8. The highest BCUT2D eigenvalue weighted by Crippen LogP contribution is 2.32. The van der Waals surface area contributed by atoms with E-state index in [1.54, 1.807) is 6.20 Å². The molecule has 2 aliphatic rings. The number of fused-ring (bicyclic) bond motifs is 1. The summed E-state index contributed by atoms with van der Waals surface area (Å²) >= 11 is 0. The van der Waals surface area contributed by atoms with Gasteiger partial charge in [-0.2, -0.15) is 0 Å². The van der Waals surface area contributed by atoms with Crippen LogP contribution in [0.4, 0.5) is 17.4 Å². The first-order valence-electron chi connectivity index (χ1n) is 12.5. The van der Waals surface area contributed by atoms with E-state index in [1.807, 2.05) is 61.5 Å². The number of morpholine rings is 1. The second-order valence-corrected chi connectivity index (χ2v) is 9.34. The van der Waals surface area contributed by atoms with Crippen LogP contribution in [0.5, 0.6) is 0 Å². The van der Waals surface area contributed by atoms with E-state index in [2.05, 4.69) is 43.7 Å². The van der Waals surface area contributed by atoms with Gasteiger partial charge in [0.2, 0.25) is 6.17 Å². The first-order valence-corrected chi connectivity index (χ1v) is 12.5. The molecule has 0 radical (unpaired) electrons. The fraction of sp³-hybridized carbons (Fsp3) is 0.250. The van der Waals surface area contributed by atoms with Crippen LogP contribution in [0.3, 0.4) is 0 Å². The Morgan fingerprint density at radius 3 is 2.74 bits per heavy atom. The number of nitrogens with one attached hydrogen (secondary N) is 2. The van der Waals surface area contributed by atoms with Gasteiger partial charge in [0.15, 0.2) is 5.69 Å². The molecule has 1 amide bonds. The van der Waals surface area contributed by atoms with Crippen LogP contribution in [0.15, 0.2) is 76.3 Å². The molecule has 2 aliphatic heterocycles. The van der Waals surface area contributed by atoms with Crippen LogP contribution in [0.25, 0.3) is 11.6 Å². The maximum atomic E-state index is 13.2. The number of aryl methyl sites for hydroxylation is 1. The summed E-state index contributed by atoms with van der Waals surface area (Å²) in [6.45, 7) is 6.10. The number of rotatable bonds is 5. The Labute approximate surface area is 219 Å². The summed E-state index contributed by atoms with van der Waals surface area (Å²) in [5, 5.41) is 14.4. The van der Waals surface area contributed by atoms with Gasteiger partial charge in [0, 0.05) is 29.9 Å². The Bertz CT molecular complexity index is 1500. The van der Waals surface area contributed by atoms with Gasteiger partial charge in [-0.05, 0) is 31.5 Å². The lowest BCUT2D eigenvalue weighted by Crippen LogP contribution is -2.44. The fourth-order valence-electron chi connectivity index (χ4n) is 4.70. The van der Waals surface area contributed by atoms with Crippen LogP contribution in [0, 0.1) is 6.92 Å². The second kappa shape index (κ2) is 10.1. The first kappa shape index (κ1) is 23.8. The number of ether oxygens (including phenoxy) is 1. The normalized spacial score (nSPS) is 19.3. The van der Waals surface area contributed by atoms with Gasteiger partial charge >= 0.3 is 6.01 Å². The van der Waals surface area contributed by atoms with Gasteiger partial charge in [-0.15, -0.1) is 5.10 Å². The highest BCUT2D eigenvalue weighted by molar-refractivity contribution is 6.19. The number of anilines is 3. The van der Waals surface area contributed by atoms with E-state index in [4.69, 9.17) is 14.1 Å². The van der Waals surface area contributed by atoms with Crippen LogP contribution in [-0.2, 0) is 9.53 Å². The molecule has 10 heteroatoms. The average molecular weight is 510 g/mol. The predicted octanol–water partition coefficient (Wildman–Crippen LogP) is 3.89. The molecule has 38 heavy (non-hydrogen) atoms. The SMILES string of the molecule is Cc1cnc(-c2nnc(N[C@H]3N=C(c4ccccc4)c4ccccc4NC3=O)o2)c(N2CCOC[C@H]2C)c1. The average Bonchev–Trinajstić information content (AvgIpc) is 3.35. The zero-order valence-corrected chi connectivity index (χ0v) is 21.1. The van der Waals surface area contributed by atoms with E-state index < -0.39 is 6.17 Å². The number of benzodiazepines with no additional fused rings is 1. The van der Waals surface area contributed by atoms with Crippen molar-refractivity contribution in [2.45, 2.75) is 26.1 Å². The van der Waals surface area contributed by atoms with Crippen LogP contribution >= 0.6 is 0 Å². The number of carbonyl (C=O) groups is 1. The Morgan fingerprint density at radius 2 is 1.89 bits per heavy atom. The molecule has 0 saturated carbocycles. The molecule has 10 nitrogen and oxygen atoms in total. The Hall–Kier alpha value is -4.57. The van der Waals surface area contributed by atoms with Crippen LogP contribution in [0.1, 0.15) is 23.6 Å². The Kier molecular flexibility index (Phi) is 6.30. The highest BCUT2D eigenvalue weighted by atomic mass is 16.5. The number of para-hydroxylation sites is 1. The summed E-state index contributed by atoms with van der Waals surface area (Å²) in [5.74, 6) is -0.0785. The maximum absolute atomic E-state index is 13.2. The molecule has 0 unspecified atom stereocenters. The molecular weight excluding hydrogens is 482 g/mol. The summed E-state index contributed by atoms with van der Waals surface area (Å²) < 4.78 is 11.6. The molecule has 4 aromatic rings. The molecule has 4 heterocycles. The van der Waals surface area contributed by atoms with E-state index in [0.717, 1.165) is 28.9 Å².